The Labute approximate surface area is 510 Å². The predicted octanol–water partition coefficient (Wildman–Crippen LogP) is 8.37. The molecule has 0 aliphatic rings. The minimum absolute atomic E-state index is 0. The van der Waals surface area contributed by atoms with Crippen molar-refractivity contribution in [2.45, 2.75) is 116 Å². The first-order valence-corrected chi connectivity index (χ1v) is 27.0. The topological polar surface area (TPSA) is 255 Å². The summed E-state index contributed by atoms with van der Waals surface area (Å²) in [7, 11) is 0. The molecule has 2 amide bonds. The molecule has 4 aromatic heterocycles. The number of carbonyl (C=O) groups is 4. The second kappa shape index (κ2) is 30.8. The molecular weight excluding hydrogens is 1090 g/mol. The number of rotatable bonds is 24. The second-order valence-electron chi connectivity index (χ2n) is 20.5. The summed E-state index contributed by atoms with van der Waals surface area (Å²) in [5.74, 6) is -4.54. The van der Waals surface area contributed by atoms with Gasteiger partial charge in [-0.3, -0.25) is 19.6 Å². The van der Waals surface area contributed by atoms with Crippen LogP contribution in [-0.2, 0) is 22.7 Å². The summed E-state index contributed by atoms with van der Waals surface area (Å²) in [6.07, 6.45) is 0.731. The first-order valence-electron chi connectivity index (χ1n) is 27.0. The molecule has 0 unspecified atom stereocenters. The van der Waals surface area contributed by atoms with E-state index >= 15 is 0 Å². The minimum Gasteiger partial charge on any atom is -0.550 e. The number of aliphatic carboxylic acids is 2. The van der Waals surface area contributed by atoms with Crippen LogP contribution in [0.2, 0.25) is 0 Å². The number of carboxylic acids is 2. The van der Waals surface area contributed by atoms with Gasteiger partial charge in [-0.2, -0.15) is 0 Å². The van der Waals surface area contributed by atoms with Crippen LogP contribution >= 0.6 is 0 Å². The van der Waals surface area contributed by atoms with Crippen molar-refractivity contribution in [1.29, 1.82) is 0 Å². The normalized spacial score (nSPS) is 12.6. The van der Waals surface area contributed by atoms with E-state index in [0.29, 0.717) is 67.5 Å². The third kappa shape index (κ3) is 17.3. The number of amides is 2. The molecule has 4 heterocycles. The van der Waals surface area contributed by atoms with Crippen molar-refractivity contribution in [2.75, 3.05) is 10.6 Å². The van der Waals surface area contributed by atoms with E-state index in [0.717, 1.165) is 11.1 Å². The van der Waals surface area contributed by atoms with Crippen molar-refractivity contribution >= 4 is 72.9 Å². The van der Waals surface area contributed by atoms with E-state index in [1.54, 1.807) is 73.3 Å². The van der Waals surface area contributed by atoms with Crippen molar-refractivity contribution in [3.05, 3.63) is 192 Å². The van der Waals surface area contributed by atoms with Crippen LogP contribution in [0.25, 0.3) is 44.8 Å². The Morgan fingerprint density at radius 2 is 0.843 bits per heavy atom. The van der Waals surface area contributed by atoms with E-state index in [2.05, 4.69) is 20.6 Å². The van der Waals surface area contributed by atoms with Gasteiger partial charge >= 0.3 is 37.7 Å². The average molecular weight is 1160 g/mol. The SMILES string of the molecule is CC(C)c1c(C(=O)Nc2cccnc2)c(-c2ccccc2)c(-c2ccc(F)cc2)n1CC[C@@H](O)C[C@@H](O)CC(=O)[O-].CC(C)c1c(C(=O)Nc2cccnc2)c(-c2ccccc2)c(-c2ccc(F)cc2)n1CC[C@@H](O)C[C@@H](O)CC(=O)[O-].[Ca+2]. The smallest absolute Gasteiger partial charge is 0.550 e. The van der Waals surface area contributed by atoms with Crippen LogP contribution in [0.4, 0.5) is 20.2 Å². The Bertz CT molecular complexity index is 3180. The molecule has 0 fully saturated rings. The maximum Gasteiger partial charge on any atom is 2.00 e. The fourth-order valence-electron chi connectivity index (χ4n) is 10.2. The molecule has 0 aliphatic carbocycles. The number of carboxylic acid groups (broad SMARTS) is 2. The van der Waals surface area contributed by atoms with Gasteiger partial charge < -0.3 is 60.0 Å². The van der Waals surface area contributed by atoms with E-state index in [-0.39, 0.29) is 100 Å². The van der Waals surface area contributed by atoms with Gasteiger partial charge in [0, 0.05) is 72.8 Å². The van der Waals surface area contributed by atoms with Crippen molar-refractivity contribution in [3.63, 3.8) is 0 Å². The Morgan fingerprint density at radius 3 is 1.14 bits per heavy atom. The van der Waals surface area contributed by atoms with E-state index in [1.807, 2.05) is 97.5 Å². The molecule has 83 heavy (non-hydrogen) atoms. The summed E-state index contributed by atoms with van der Waals surface area (Å²) in [6.45, 7) is 8.37. The fraction of sp³-hybridized carbons (Fsp3) is 0.281. The van der Waals surface area contributed by atoms with Gasteiger partial charge in [0.25, 0.3) is 11.8 Å². The number of hydrogen-bond donors (Lipinski definition) is 6. The third-order valence-electron chi connectivity index (χ3n) is 13.6. The van der Waals surface area contributed by atoms with Gasteiger partial charge in [0.15, 0.2) is 0 Å². The zero-order valence-corrected chi connectivity index (χ0v) is 48.8. The second-order valence-corrected chi connectivity index (χ2v) is 20.5. The number of nitrogens with zero attached hydrogens (tertiary/aromatic N) is 4. The van der Waals surface area contributed by atoms with Gasteiger partial charge in [0.2, 0.25) is 0 Å². The van der Waals surface area contributed by atoms with Crippen LogP contribution in [0.15, 0.2) is 158 Å². The van der Waals surface area contributed by atoms with Crippen molar-refractivity contribution in [2.24, 2.45) is 0 Å². The van der Waals surface area contributed by atoms with E-state index in [4.69, 9.17) is 0 Å². The van der Waals surface area contributed by atoms with Crippen LogP contribution in [-0.4, -0.2) is 125 Å². The molecule has 4 atom stereocenters. The van der Waals surface area contributed by atoms with Crippen LogP contribution in [0.1, 0.15) is 110 Å². The molecule has 0 bridgehead atoms. The van der Waals surface area contributed by atoms with E-state index < -0.39 is 60.8 Å². The number of aliphatic hydroxyl groups excluding tert-OH is 4. The van der Waals surface area contributed by atoms with Crippen LogP contribution in [0.3, 0.4) is 0 Å². The maximum atomic E-state index is 14.0. The first kappa shape index (κ1) is 64.7. The quantitative estimate of drug-likeness (QED) is 0.0312. The van der Waals surface area contributed by atoms with Gasteiger partial charge in [0.05, 0.1) is 70.7 Å². The van der Waals surface area contributed by atoms with Crippen molar-refractivity contribution in [1.82, 2.24) is 19.1 Å². The minimum atomic E-state index is -1.40. The molecule has 16 nitrogen and oxygen atoms in total. The Kier molecular flexibility index (Phi) is 24.0. The molecule has 19 heteroatoms. The van der Waals surface area contributed by atoms with Crippen LogP contribution in [0, 0.1) is 11.6 Å². The standard InChI is InChI=1S/2C32H34FN3O5.Ca/c2*1-20(2)30-29(32(41)35-24-9-6-15-34-19-24)28(21-7-4-3-5-8-21)31(22-10-12-23(33)13-11-22)36(30)16-14-25(37)17-26(38)18-27(39)40;/h2*3-13,15,19-20,25-26,37-38H,14,16-18H2,1-2H3,(H,35,41)(H,39,40);/q;;+2/p-2/t2*25-,26-;/m11./s1. The Hall–Kier alpha value is -7.42. The number of aromatic nitrogens is 4. The number of hydrogen-bond acceptors (Lipinski definition) is 12. The fourth-order valence-corrected chi connectivity index (χ4v) is 10.2. The maximum absolute atomic E-state index is 14.0. The number of benzene rings is 4. The van der Waals surface area contributed by atoms with Gasteiger partial charge in [-0.15, -0.1) is 0 Å². The number of halogens is 2. The molecule has 0 aliphatic heterocycles. The monoisotopic (exact) mass is 1160 g/mol. The Morgan fingerprint density at radius 1 is 0.494 bits per heavy atom. The number of anilines is 2. The van der Waals surface area contributed by atoms with Crippen molar-refractivity contribution in [3.8, 4) is 44.8 Å². The van der Waals surface area contributed by atoms with E-state index in [9.17, 15) is 58.6 Å². The number of carbonyl (C=O) groups excluding carboxylic acids is 4. The molecule has 0 saturated carbocycles. The summed E-state index contributed by atoms with van der Waals surface area (Å²) in [5.41, 5.74) is 8.99. The predicted molar refractivity (Wildman–Crippen MR) is 311 cm³/mol. The number of pyridine rings is 2. The summed E-state index contributed by atoms with van der Waals surface area (Å²) in [4.78, 5) is 57.9. The number of aliphatic hydroxyl groups is 4. The summed E-state index contributed by atoms with van der Waals surface area (Å²) in [6, 6.07) is 37.9. The summed E-state index contributed by atoms with van der Waals surface area (Å²) < 4.78 is 31.9. The van der Waals surface area contributed by atoms with Gasteiger partial charge in [0.1, 0.15) is 11.6 Å². The van der Waals surface area contributed by atoms with E-state index in [1.165, 1.54) is 24.3 Å². The van der Waals surface area contributed by atoms with Crippen molar-refractivity contribution < 1.29 is 58.6 Å². The molecule has 0 spiro atoms. The average Bonchev–Trinajstić information content (AvgIpc) is 3.14. The largest absolute Gasteiger partial charge is 2.00 e. The summed E-state index contributed by atoms with van der Waals surface area (Å²) in [5, 5.41) is 69.1. The van der Waals surface area contributed by atoms with Crippen LogP contribution in [0.5, 0.6) is 0 Å². The number of nitrogens with one attached hydrogen (secondary N) is 2. The zero-order valence-electron chi connectivity index (χ0n) is 46.6. The molecule has 0 radical (unpaired) electrons. The molecule has 8 rings (SSSR count). The molecule has 0 saturated heterocycles. The zero-order chi connectivity index (χ0) is 59.0. The van der Waals surface area contributed by atoms with Gasteiger partial charge in [-0.05, 0) is 133 Å². The third-order valence-corrected chi connectivity index (χ3v) is 13.6. The molecular formula is C64H66CaF2N6O10. The van der Waals surface area contributed by atoms with Crippen LogP contribution < -0.4 is 20.8 Å². The molecule has 6 N–H and O–H groups in total. The Balaban J connectivity index is 0.000000263. The molecule has 4 aromatic carbocycles. The summed E-state index contributed by atoms with van der Waals surface area (Å²) >= 11 is 0. The van der Waals surface area contributed by atoms with Gasteiger partial charge in [-0.25, -0.2) is 8.78 Å². The molecule has 428 valence electrons. The van der Waals surface area contributed by atoms with Gasteiger partial charge in [-0.1, -0.05) is 88.4 Å². The molecule has 8 aromatic rings. The first-order chi connectivity index (χ1) is 39.3.